The second-order valence-electron chi connectivity index (χ2n) is 6.98. The monoisotopic (exact) mass is 506 g/mol. The standard InChI is InChI=1S/C19H27ClN4O2.HI/c1-5-21-18(23-10-15(25)13-8-6-7-9-14(13)20)24-12-17-22-11-16(26-17)19(2,3)4;/h6-9,11,15,25H,5,10,12H2,1-4H3,(H2,21,23,24);1H. The summed E-state index contributed by atoms with van der Waals surface area (Å²) in [5, 5.41) is 17.1. The van der Waals surface area contributed by atoms with Crippen LogP contribution in [-0.2, 0) is 12.0 Å². The van der Waals surface area contributed by atoms with Gasteiger partial charge in [-0.3, -0.25) is 0 Å². The van der Waals surface area contributed by atoms with Crippen molar-refractivity contribution in [1.29, 1.82) is 0 Å². The Bertz CT molecular complexity index is 743. The molecule has 2 aromatic rings. The van der Waals surface area contributed by atoms with Gasteiger partial charge in [-0.15, -0.1) is 24.0 Å². The molecule has 0 spiro atoms. The fraction of sp³-hybridized carbons (Fsp3) is 0.474. The maximum atomic E-state index is 10.3. The summed E-state index contributed by atoms with van der Waals surface area (Å²) in [4.78, 5) is 8.73. The maximum absolute atomic E-state index is 10.3. The minimum atomic E-state index is -0.734. The third-order valence-electron chi connectivity index (χ3n) is 3.74. The Kier molecular flexibility index (Phi) is 9.55. The lowest BCUT2D eigenvalue weighted by molar-refractivity contribution is 0.181. The number of benzene rings is 1. The van der Waals surface area contributed by atoms with Crippen molar-refractivity contribution in [3.05, 3.63) is 52.7 Å². The van der Waals surface area contributed by atoms with Crippen molar-refractivity contribution in [3.8, 4) is 0 Å². The molecule has 0 aliphatic heterocycles. The van der Waals surface area contributed by atoms with Crippen molar-refractivity contribution in [2.45, 2.75) is 45.8 Å². The number of aliphatic hydroxyl groups excluding tert-OH is 1. The minimum absolute atomic E-state index is 0. The van der Waals surface area contributed by atoms with Gasteiger partial charge in [0.05, 0.1) is 12.3 Å². The molecule has 27 heavy (non-hydrogen) atoms. The van der Waals surface area contributed by atoms with E-state index in [0.717, 1.165) is 5.76 Å². The highest BCUT2D eigenvalue weighted by Crippen LogP contribution is 2.23. The van der Waals surface area contributed by atoms with Crippen LogP contribution in [0.1, 0.15) is 51.0 Å². The van der Waals surface area contributed by atoms with Gasteiger partial charge < -0.3 is 20.2 Å². The lowest BCUT2D eigenvalue weighted by atomic mass is 9.94. The quantitative estimate of drug-likeness (QED) is 0.313. The molecule has 0 saturated carbocycles. The maximum Gasteiger partial charge on any atom is 0.216 e. The molecule has 1 heterocycles. The van der Waals surface area contributed by atoms with E-state index in [-0.39, 0.29) is 35.9 Å². The Labute approximate surface area is 182 Å². The van der Waals surface area contributed by atoms with E-state index < -0.39 is 6.10 Å². The van der Waals surface area contributed by atoms with Gasteiger partial charge in [-0.2, -0.15) is 0 Å². The lowest BCUT2D eigenvalue weighted by Crippen LogP contribution is -2.39. The molecule has 0 bridgehead atoms. The Morgan fingerprint density at radius 2 is 2.00 bits per heavy atom. The van der Waals surface area contributed by atoms with E-state index in [1.54, 1.807) is 18.3 Å². The third kappa shape index (κ3) is 7.31. The van der Waals surface area contributed by atoms with Crippen LogP contribution in [0.5, 0.6) is 0 Å². The molecule has 150 valence electrons. The molecule has 8 heteroatoms. The number of nitrogens with one attached hydrogen (secondary N) is 2. The lowest BCUT2D eigenvalue weighted by Gasteiger charge is -2.16. The zero-order valence-corrected chi connectivity index (χ0v) is 19.2. The van der Waals surface area contributed by atoms with Gasteiger partial charge in [0.1, 0.15) is 12.3 Å². The summed E-state index contributed by atoms with van der Waals surface area (Å²) < 4.78 is 5.75. The molecule has 0 amide bonds. The summed E-state index contributed by atoms with van der Waals surface area (Å²) in [5.74, 6) is 1.96. The zero-order chi connectivity index (χ0) is 19.2. The van der Waals surface area contributed by atoms with E-state index in [1.807, 2.05) is 19.1 Å². The normalized spacial score (nSPS) is 13.0. The first kappa shape index (κ1) is 23.7. The van der Waals surface area contributed by atoms with Crippen molar-refractivity contribution < 1.29 is 9.52 Å². The van der Waals surface area contributed by atoms with Crippen LogP contribution in [0.25, 0.3) is 0 Å². The van der Waals surface area contributed by atoms with E-state index in [0.29, 0.717) is 35.5 Å². The van der Waals surface area contributed by atoms with Crippen LogP contribution < -0.4 is 10.6 Å². The highest BCUT2D eigenvalue weighted by Gasteiger charge is 2.19. The number of aliphatic hydroxyl groups is 1. The van der Waals surface area contributed by atoms with Crippen LogP contribution in [0.4, 0.5) is 0 Å². The van der Waals surface area contributed by atoms with Gasteiger partial charge in [-0.25, -0.2) is 9.98 Å². The Morgan fingerprint density at radius 3 is 2.59 bits per heavy atom. The van der Waals surface area contributed by atoms with Gasteiger partial charge >= 0.3 is 0 Å². The molecule has 1 aromatic heterocycles. The van der Waals surface area contributed by atoms with Gasteiger partial charge in [0, 0.05) is 29.1 Å². The van der Waals surface area contributed by atoms with Crippen molar-refractivity contribution in [3.63, 3.8) is 0 Å². The van der Waals surface area contributed by atoms with Crippen LogP contribution in [0.3, 0.4) is 0 Å². The van der Waals surface area contributed by atoms with Crippen LogP contribution in [-0.4, -0.2) is 29.1 Å². The van der Waals surface area contributed by atoms with Crippen molar-refractivity contribution >= 4 is 41.5 Å². The summed E-state index contributed by atoms with van der Waals surface area (Å²) in [7, 11) is 0. The average molecular weight is 507 g/mol. The Balaban J connectivity index is 0.00000364. The summed E-state index contributed by atoms with van der Waals surface area (Å²) >= 11 is 6.12. The predicted molar refractivity (Wildman–Crippen MR) is 120 cm³/mol. The topological polar surface area (TPSA) is 82.7 Å². The first-order chi connectivity index (χ1) is 12.3. The number of rotatable bonds is 6. The van der Waals surface area contributed by atoms with Gasteiger partial charge in [-0.1, -0.05) is 50.6 Å². The molecule has 2 rings (SSSR count). The van der Waals surface area contributed by atoms with E-state index in [4.69, 9.17) is 16.0 Å². The van der Waals surface area contributed by atoms with Crippen molar-refractivity contribution in [2.75, 3.05) is 13.1 Å². The van der Waals surface area contributed by atoms with Crippen LogP contribution in [0.15, 0.2) is 39.9 Å². The molecule has 0 radical (unpaired) electrons. The fourth-order valence-corrected chi connectivity index (χ4v) is 2.53. The smallest absolute Gasteiger partial charge is 0.216 e. The summed E-state index contributed by atoms with van der Waals surface area (Å²) in [6.45, 7) is 9.49. The van der Waals surface area contributed by atoms with Gasteiger partial charge in [-0.05, 0) is 13.0 Å². The third-order valence-corrected chi connectivity index (χ3v) is 4.08. The number of hydrogen-bond donors (Lipinski definition) is 3. The van der Waals surface area contributed by atoms with E-state index >= 15 is 0 Å². The molecule has 0 fully saturated rings. The summed E-state index contributed by atoms with van der Waals surface area (Å²) in [6, 6.07) is 7.24. The second-order valence-corrected chi connectivity index (χ2v) is 7.39. The molecule has 0 saturated heterocycles. The molecule has 0 aliphatic rings. The first-order valence-corrected chi connectivity index (χ1v) is 9.09. The molecule has 1 unspecified atom stereocenters. The van der Waals surface area contributed by atoms with E-state index in [9.17, 15) is 5.11 Å². The summed E-state index contributed by atoms with van der Waals surface area (Å²) in [6.07, 6.45) is 1.01. The van der Waals surface area contributed by atoms with E-state index in [1.165, 1.54) is 0 Å². The number of oxazole rings is 1. The molecule has 6 nitrogen and oxygen atoms in total. The minimum Gasteiger partial charge on any atom is -0.443 e. The number of hydrogen-bond acceptors (Lipinski definition) is 4. The highest BCUT2D eigenvalue weighted by atomic mass is 127. The number of aromatic nitrogens is 1. The average Bonchev–Trinajstić information content (AvgIpc) is 3.07. The molecular weight excluding hydrogens is 479 g/mol. The number of nitrogens with zero attached hydrogens (tertiary/aromatic N) is 2. The highest BCUT2D eigenvalue weighted by molar-refractivity contribution is 14.0. The zero-order valence-electron chi connectivity index (χ0n) is 16.1. The second kappa shape index (κ2) is 10.9. The van der Waals surface area contributed by atoms with Gasteiger partial charge in [0.15, 0.2) is 5.96 Å². The number of halogens is 2. The molecule has 1 atom stereocenters. The van der Waals surface area contributed by atoms with E-state index in [2.05, 4.69) is 41.4 Å². The Morgan fingerprint density at radius 1 is 1.30 bits per heavy atom. The van der Waals surface area contributed by atoms with Crippen LogP contribution >= 0.6 is 35.6 Å². The molecule has 1 aromatic carbocycles. The Hall–Kier alpha value is -1.32. The van der Waals surface area contributed by atoms with Crippen molar-refractivity contribution in [2.24, 2.45) is 4.99 Å². The molecule has 0 aliphatic carbocycles. The van der Waals surface area contributed by atoms with Crippen LogP contribution in [0, 0.1) is 0 Å². The summed E-state index contributed by atoms with van der Waals surface area (Å²) in [5.41, 5.74) is 0.594. The van der Waals surface area contributed by atoms with Crippen LogP contribution in [0.2, 0.25) is 5.02 Å². The SMILES string of the molecule is CCNC(=NCc1ncc(C(C)(C)C)o1)NCC(O)c1ccccc1Cl.I. The number of aliphatic imine (C=N–C) groups is 1. The van der Waals surface area contributed by atoms with Gasteiger partial charge in [0.2, 0.25) is 5.89 Å². The van der Waals surface area contributed by atoms with Gasteiger partial charge in [0.25, 0.3) is 0 Å². The first-order valence-electron chi connectivity index (χ1n) is 8.71. The molecular formula is C19H28ClIN4O2. The number of guanidine groups is 1. The predicted octanol–water partition coefficient (Wildman–Crippen LogP) is 4.03. The largest absolute Gasteiger partial charge is 0.443 e. The molecule has 3 N–H and O–H groups in total. The van der Waals surface area contributed by atoms with Crippen molar-refractivity contribution in [1.82, 2.24) is 15.6 Å². The fourth-order valence-electron chi connectivity index (χ4n) is 2.27.